The van der Waals surface area contributed by atoms with Crippen LogP contribution in [-0.2, 0) is 40.1 Å². The van der Waals surface area contributed by atoms with Gasteiger partial charge in [-0.2, -0.15) is 0 Å². The summed E-state index contributed by atoms with van der Waals surface area (Å²) in [5, 5.41) is 34.4. The Balaban J connectivity index is 0.791. The highest BCUT2D eigenvalue weighted by Gasteiger charge is 2.34. The van der Waals surface area contributed by atoms with Crippen molar-refractivity contribution in [3.05, 3.63) is 106 Å². The molecule has 3 atom stereocenters. The van der Waals surface area contributed by atoms with E-state index in [1.807, 2.05) is 53.4 Å². The molecule has 4 aliphatic rings. The number of amides is 1. The van der Waals surface area contributed by atoms with Crippen molar-refractivity contribution in [2.45, 2.75) is 108 Å². The lowest BCUT2D eigenvalue weighted by molar-refractivity contribution is -0.144. The van der Waals surface area contributed by atoms with Crippen LogP contribution < -0.4 is 21.3 Å². The molecule has 1 amide bonds. The van der Waals surface area contributed by atoms with Gasteiger partial charge in [-0.25, -0.2) is 9.97 Å². The Morgan fingerprint density at radius 3 is 1.95 bits per heavy atom. The number of aromatic nitrogens is 2. The summed E-state index contributed by atoms with van der Waals surface area (Å²) in [6.45, 7) is 5.32. The number of hydrogen-bond acceptors (Lipinski definition) is 10. The summed E-state index contributed by atoms with van der Waals surface area (Å²) in [4.78, 5) is 51.8. The van der Waals surface area contributed by atoms with Gasteiger partial charge in [-0.05, 0) is 135 Å². The first kappa shape index (κ1) is 43.3. The molecule has 2 aromatic carbocycles. The third kappa shape index (κ3) is 11.0. The highest BCUT2D eigenvalue weighted by Crippen LogP contribution is 2.32. The number of nitrogens with one attached hydrogen (secondary N) is 4. The molecule has 13 heteroatoms. The van der Waals surface area contributed by atoms with Crippen LogP contribution in [0.5, 0.6) is 0 Å². The average molecular weight is 843 g/mol. The number of likely N-dealkylation sites (tertiary alicyclic amines) is 2. The molecule has 8 rings (SSSR count). The smallest absolute Gasteiger partial charge is 0.325 e. The summed E-state index contributed by atoms with van der Waals surface area (Å²) in [6.07, 6.45) is 11.6. The number of benzene rings is 2. The Hall–Kier alpha value is -5.37. The maximum atomic E-state index is 12.8. The SMILES string of the molecule is O=C(CCCc1ccc2c(n1)NCCC2)NC1CCN([C@@H](C(=O)O)c2ccc(-c3cccc(C(C(=O)O)N4CC[C@@H](NCCCCc5ccc6c(n5)NCCC6)C4)c3)cc2)CC1. The molecule has 2 fully saturated rings. The van der Waals surface area contributed by atoms with E-state index in [4.69, 9.17) is 9.97 Å². The summed E-state index contributed by atoms with van der Waals surface area (Å²) in [7, 11) is 0. The highest BCUT2D eigenvalue weighted by atomic mass is 16.4. The molecule has 2 saturated heterocycles. The highest BCUT2D eigenvalue weighted by molar-refractivity contribution is 5.78. The molecule has 0 bridgehead atoms. The van der Waals surface area contributed by atoms with Crippen molar-refractivity contribution < 1.29 is 24.6 Å². The molecule has 6 N–H and O–H groups in total. The molecule has 13 nitrogen and oxygen atoms in total. The van der Waals surface area contributed by atoms with E-state index in [0.717, 1.165) is 124 Å². The van der Waals surface area contributed by atoms with Crippen LogP contribution in [0.15, 0.2) is 72.8 Å². The van der Waals surface area contributed by atoms with Gasteiger partial charge in [0.15, 0.2) is 0 Å². The van der Waals surface area contributed by atoms with Crippen LogP contribution in [0.1, 0.15) is 104 Å². The van der Waals surface area contributed by atoms with Crippen molar-refractivity contribution in [2.24, 2.45) is 0 Å². The molecule has 1 unspecified atom stereocenters. The standard InChI is InChI=1S/C49H62N8O5/c58-43(13-4-12-40-21-19-36-10-6-27-52-47(36)55-40)53-41-22-28-56(29-23-41)44(48(59)60)34-16-14-33(15-17-34)37-7-3-8-38(31-37)45(49(61)62)57-30-24-42(32-57)50-25-2-1-11-39-20-18-35-9-5-26-51-46(35)54-39/h3,7-8,14-21,31,41-42,44-45,50H,1-2,4-6,9-13,22-30,32H2,(H,51,54)(H,52,55)(H,53,58)(H,59,60)(H,61,62)/t42-,44-,45?/m1/s1. The zero-order valence-electron chi connectivity index (χ0n) is 35.8. The average Bonchev–Trinajstić information content (AvgIpc) is 3.75. The summed E-state index contributed by atoms with van der Waals surface area (Å²) >= 11 is 0. The number of rotatable bonds is 18. The second kappa shape index (κ2) is 20.7. The van der Waals surface area contributed by atoms with Gasteiger partial charge < -0.3 is 31.5 Å². The third-order valence-electron chi connectivity index (χ3n) is 13.1. The lowest BCUT2D eigenvalue weighted by Crippen LogP contribution is -2.47. The maximum Gasteiger partial charge on any atom is 0.325 e. The predicted octanol–water partition coefficient (Wildman–Crippen LogP) is 6.40. The number of aryl methyl sites for hydroxylation is 4. The molecular weight excluding hydrogens is 781 g/mol. The number of carbonyl (C=O) groups is 3. The molecule has 4 aliphatic heterocycles. The number of carbonyl (C=O) groups excluding carboxylic acids is 1. The molecule has 0 aliphatic carbocycles. The molecule has 328 valence electrons. The first-order chi connectivity index (χ1) is 30.3. The van der Waals surface area contributed by atoms with Gasteiger partial charge in [0.1, 0.15) is 23.7 Å². The molecule has 0 saturated carbocycles. The van der Waals surface area contributed by atoms with Gasteiger partial charge >= 0.3 is 11.9 Å². The fourth-order valence-corrected chi connectivity index (χ4v) is 9.74. The Kier molecular flexibility index (Phi) is 14.4. The van der Waals surface area contributed by atoms with Crippen LogP contribution in [0.25, 0.3) is 11.1 Å². The second-order valence-corrected chi connectivity index (χ2v) is 17.5. The second-order valence-electron chi connectivity index (χ2n) is 17.5. The number of hydrogen-bond donors (Lipinski definition) is 6. The Bertz CT molecular complexity index is 2170. The number of pyridine rings is 2. The maximum absolute atomic E-state index is 12.8. The number of aliphatic carboxylic acids is 2. The van der Waals surface area contributed by atoms with Gasteiger partial charge in [0.2, 0.25) is 5.91 Å². The van der Waals surface area contributed by atoms with Gasteiger partial charge in [-0.3, -0.25) is 24.2 Å². The van der Waals surface area contributed by atoms with Crippen molar-refractivity contribution in [3.63, 3.8) is 0 Å². The minimum atomic E-state index is -0.906. The van der Waals surface area contributed by atoms with E-state index < -0.39 is 24.0 Å². The van der Waals surface area contributed by atoms with Crippen molar-refractivity contribution in [3.8, 4) is 11.1 Å². The molecule has 6 heterocycles. The van der Waals surface area contributed by atoms with E-state index >= 15 is 0 Å². The van der Waals surface area contributed by atoms with Crippen molar-refractivity contribution in [1.82, 2.24) is 30.4 Å². The van der Waals surface area contributed by atoms with Gasteiger partial charge in [0.05, 0.1) is 0 Å². The third-order valence-corrected chi connectivity index (χ3v) is 13.1. The number of carboxylic acid groups (broad SMARTS) is 2. The first-order valence-corrected chi connectivity index (χ1v) is 22.9. The molecule has 0 radical (unpaired) electrons. The van der Waals surface area contributed by atoms with Gasteiger partial charge in [0.25, 0.3) is 0 Å². The largest absolute Gasteiger partial charge is 0.480 e. The molecule has 0 spiro atoms. The predicted molar refractivity (Wildman–Crippen MR) is 241 cm³/mol. The Morgan fingerprint density at radius 2 is 1.29 bits per heavy atom. The van der Waals surface area contributed by atoms with Gasteiger partial charge in [-0.1, -0.05) is 54.6 Å². The summed E-state index contributed by atoms with van der Waals surface area (Å²) in [5.41, 5.74) is 7.91. The molecule has 4 aromatic rings. The Labute approximate surface area is 365 Å². The van der Waals surface area contributed by atoms with E-state index in [-0.39, 0.29) is 18.0 Å². The van der Waals surface area contributed by atoms with Crippen LogP contribution in [0, 0.1) is 0 Å². The molecular formula is C49H62N8O5. The zero-order valence-corrected chi connectivity index (χ0v) is 35.8. The van der Waals surface area contributed by atoms with Crippen molar-refractivity contribution >= 4 is 29.5 Å². The van der Waals surface area contributed by atoms with E-state index in [1.165, 1.54) is 11.1 Å². The quantitative estimate of drug-likeness (QED) is 0.0610. The lowest BCUT2D eigenvalue weighted by Gasteiger charge is -2.36. The number of piperidine rings is 1. The van der Waals surface area contributed by atoms with Gasteiger partial charge in [-0.15, -0.1) is 0 Å². The van der Waals surface area contributed by atoms with E-state index in [2.05, 4.69) is 50.4 Å². The van der Waals surface area contributed by atoms with Crippen molar-refractivity contribution in [2.75, 3.05) is 56.4 Å². The number of carboxylic acids is 2. The normalized spacial score (nSPS) is 19.1. The number of anilines is 2. The molecule has 62 heavy (non-hydrogen) atoms. The Morgan fingerprint density at radius 1 is 0.677 bits per heavy atom. The zero-order chi connectivity index (χ0) is 42.8. The number of nitrogens with zero attached hydrogens (tertiary/aromatic N) is 4. The monoisotopic (exact) mass is 842 g/mol. The van der Waals surface area contributed by atoms with Crippen LogP contribution in [0.2, 0.25) is 0 Å². The van der Waals surface area contributed by atoms with E-state index in [1.54, 1.807) is 0 Å². The fraction of sp³-hybridized carbons (Fsp3) is 0.490. The van der Waals surface area contributed by atoms with Crippen molar-refractivity contribution in [1.29, 1.82) is 0 Å². The van der Waals surface area contributed by atoms with Crippen LogP contribution in [0.4, 0.5) is 11.6 Å². The van der Waals surface area contributed by atoms with E-state index in [9.17, 15) is 24.6 Å². The minimum absolute atomic E-state index is 0.0165. The van der Waals surface area contributed by atoms with E-state index in [0.29, 0.717) is 51.0 Å². The summed E-state index contributed by atoms with van der Waals surface area (Å²) in [6, 6.07) is 22.6. The van der Waals surface area contributed by atoms with Crippen LogP contribution in [-0.4, -0.2) is 106 Å². The van der Waals surface area contributed by atoms with Crippen LogP contribution in [0.3, 0.4) is 0 Å². The fourth-order valence-electron chi connectivity index (χ4n) is 9.74. The summed E-state index contributed by atoms with van der Waals surface area (Å²) in [5.74, 6) is 0.280. The topological polar surface area (TPSA) is 172 Å². The lowest BCUT2D eigenvalue weighted by atomic mass is 9.95. The number of fused-ring (bicyclic) bond motifs is 2. The molecule has 2 aromatic heterocycles. The minimum Gasteiger partial charge on any atom is -0.480 e. The van der Waals surface area contributed by atoms with Gasteiger partial charge in [0, 0.05) is 69.2 Å². The first-order valence-electron chi connectivity index (χ1n) is 22.9. The van der Waals surface area contributed by atoms with Crippen LogP contribution >= 0.6 is 0 Å². The summed E-state index contributed by atoms with van der Waals surface area (Å²) < 4.78 is 0. The number of unbranched alkanes of at least 4 members (excludes halogenated alkanes) is 1.